The van der Waals surface area contributed by atoms with Gasteiger partial charge in [-0.2, -0.15) is 0 Å². The number of amides is 1. The number of rotatable bonds is 6. The van der Waals surface area contributed by atoms with Gasteiger partial charge in [0.1, 0.15) is 13.2 Å². The Balaban J connectivity index is 1.54. The lowest BCUT2D eigenvalue weighted by molar-refractivity contribution is -0.146. The number of nitrogens with zero attached hydrogens (tertiary/aromatic N) is 2. The van der Waals surface area contributed by atoms with Gasteiger partial charge in [-0.1, -0.05) is 12.1 Å². The molecule has 4 rings (SSSR count). The molecular formula is C22H24N2O5S. The van der Waals surface area contributed by atoms with Crippen molar-refractivity contribution in [2.75, 3.05) is 32.6 Å². The highest BCUT2D eigenvalue weighted by Gasteiger charge is 2.36. The molecule has 1 aromatic carbocycles. The van der Waals surface area contributed by atoms with E-state index in [9.17, 15) is 14.4 Å². The Morgan fingerprint density at radius 3 is 2.57 bits per heavy atom. The van der Waals surface area contributed by atoms with E-state index in [2.05, 4.69) is 0 Å². The van der Waals surface area contributed by atoms with Crippen LogP contribution in [0.1, 0.15) is 18.0 Å². The van der Waals surface area contributed by atoms with Crippen LogP contribution in [0.5, 0.6) is 0 Å². The number of benzene rings is 1. The average Bonchev–Trinajstić information content (AvgIpc) is 2.74. The molecule has 7 nitrogen and oxygen atoms in total. The van der Waals surface area contributed by atoms with Gasteiger partial charge in [0.2, 0.25) is 5.91 Å². The van der Waals surface area contributed by atoms with Crippen LogP contribution in [0.3, 0.4) is 0 Å². The van der Waals surface area contributed by atoms with Crippen LogP contribution in [0.4, 0.5) is 0 Å². The lowest BCUT2D eigenvalue weighted by atomic mass is 9.82. The molecule has 30 heavy (non-hydrogen) atoms. The minimum Gasteiger partial charge on any atom is -0.480 e. The second-order valence-corrected chi connectivity index (χ2v) is 8.68. The fraction of sp³-hybridized carbons (Fsp3) is 0.409. The number of likely N-dealkylation sites (tertiary alicyclic amines) is 1. The molecule has 2 atom stereocenters. The molecule has 2 aliphatic rings. The molecule has 2 aliphatic heterocycles. The Kier molecular flexibility index (Phi) is 5.97. The van der Waals surface area contributed by atoms with Gasteiger partial charge in [0, 0.05) is 41.7 Å². The molecule has 0 spiro atoms. The van der Waals surface area contributed by atoms with E-state index in [-0.39, 0.29) is 29.9 Å². The number of fused-ring (bicyclic) bond motifs is 4. The van der Waals surface area contributed by atoms with Crippen molar-refractivity contribution in [1.29, 1.82) is 0 Å². The van der Waals surface area contributed by atoms with Gasteiger partial charge in [-0.15, -0.1) is 11.8 Å². The Bertz CT molecular complexity index is 1020. The minimum atomic E-state index is -1.09. The number of thioether (sulfide) groups is 1. The normalized spacial score (nSPS) is 20.0. The van der Waals surface area contributed by atoms with Crippen molar-refractivity contribution in [3.05, 3.63) is 52.4 Å². The lowest BCUT2D eigenvalue weighted by Crippen LogP contribution is -2.50. The van der Waals surface area contributed by atoms with Crippen LogP contribution in [0.15, 0.2) is 46.1 Å². The van der Waals surface area contributed by atoms with Crippen molar-refractivity contribution >= 4 is 23.6 Å². The standard InChI is InChI=1S/C22H24N2O5S/c1-30-17-4-2-15(3-5-17)18-6-7-19-16-8-14(10-24(19)22(18)28)9-23(11-16)20(25)12-29-13-21(26)27/h2-7,14,16H,8-13H2,1H3,(H,26,27). The van der Waals surface area contributed by atoms with Crippen molar-refractivity contribution < 1.29 is 19.4 Å². The van der Waals surface area contributed by atoms with Crippen LogP contribution in [-0.2, 0) is 20.9 Å². The van der Waals surface area contributed by atoms with Gasteiger partial charge >= 0.3 is 5.97 Å². The Labute approximate surface area is 178 Å². The van der Waals surface area contributed by atoms with Gasteiger partial charge < -0.3 is 19.3 Å². The topological polar surface area (TPSA) is 88.8 Å². The molecule has 1 fully saturated rings. The first-order valence-corrected chi connectivity index (χ1v) is 11.1. The zero-order valence-electron chi connectivity index (χ0n) is 16.7. The van der Waals surface area contributed by atoms with E-state index in [0.717, 1.165) is 22.6 Å². The maximum absolute atomic E-state index is 13.2. The van der Waals surface area contributed by atoms with E-state index in [1.54, 1.807) is 16.7 Å². The molecule has 0 aliphatic carbocycles. The van der Waals surface area contributed by atoms with Crippen molar-refractivity contribution in [1.82, 2.24) is 9.47 Å². The maximum atomic E-state index is 13.2. The zero-order chi connectivity index (χ0) is 21.3. The molecule has 1 aromatic heterocycles. The van der Waals surface area contributed by atoms with E-state index in [0.29, 0.717) is 25.2 Å². The SMILES string of the molecule is CSc1ccc(-c2ccc3n(c2=O)CC2CC3CN(C(=O)COCC(=O)O)C2)cc1. The van der Waals surface area contributed by atoms with Gasteiger partial charge in [0.25, 0.3) is 5.56 Å². The molecule has 3 heterocycles. The van der Waals surface area contributed by atoms with Crippen molar-refractivity contribution in [3.8, 4) is 11.1 Å². The van der Waals surface area contributed by atoms with E-state index < -0.39 is 12.6 Å². The maximum Gasteiger partial charge on any atom is 0.329 e. The first-order chi connectivity index (χ1) is 14.5. The van der Waals surface area contributed by atoms with Gasteiger partial charge in [0.05, 0.1) is 0 Å². The number of ether oxygens (including phenoxy) is 1. The number of carbonyl (C=O) groups is 2. The highest BCUT2D eigenvalue weighted by atomic mass is 32.2. The van der Waals surface area contributed by atoms with Crippen molar-refractivity contribution in [2.24, 2.45) is 5.92 Å². The van der Waals surface area contributed by atoms with Crippen molar-refractivity contribution in [3.63, 3.8) is 0 Å². The van der Waals surface area contributed by atoms with Gasteiger partial charge in [-0.05, 0) is 48.4 Å². The van der Waals surface area contributed by atoms with Crippen LogP contribution < -0.4 is 5.56 Å². The van der Waals surface area contributed by atoms with E-state index in [1.807, 2.05) is 47.2 Å². The fourth-order valence-corrected chi connectivity index (χ4v) is 4.86. The predicted octanol–water partition coefficient (Wildman–Crippen LogP) is 2.28. The molecule has 1 N–H and O–H groups in total. The smallest absolute Gasteiger partial charge is 0.329 e. The van der Waals surface area contributed by atoms with E-state index in [1.165, 1.54) is 0 Å². The number of carboxylic acids is 1. The quantitative estimate of drug-likeness (QED) is 0.710. The summed E-state index contributed by atoms with van der Waals surface area (Å²) in [6.45, 7) is 0.952. The van der Waals surface area contributed by atoms with Crippen molar-refractivity contribution in [2.45, 2.75) is 23.8 Å². The number of pyridine rings is 1. The number of piperidine rings is 1. The summed E-state index contributed by atoms with van der Waals surface area (Å²) in [5.41, 5.74) is 2.59. The monoisotopic (exact) mass is 428 g/mol. The first kappa shape index (κ1) is 20.7. The second kappa shape index (κ2) is 8.65. The summed E-state index contributed by atoms with van der Waals surface area (Å²) in [5, 5.41) is 8.65. The highest BCUT2D eigenvalue weighted by Crippen LogP contribution is 2.36. The molecule has 2 aromatic rings. The molecule has 2 bridgehead atoms. The summed E-state index contributed by atoms with van der Waals surface area (Å²) in [5.74, 6) is -0.995. The summed E-state index contributed by atoms with van der Waals surface area (Å²) in [6, 6.07) is 11.9. The number of carboxylic acid groups (broad SMARTS) is 1. The molecule has 0 radical (unpaired) electrons. The number of hydrogen-bond acceptors (Lipinski definition) is 5. The predicted molar refractivity (Wildman–Crippen MR) is 114 cm³/mol. The molecule has 1 amide bonds. The largest absolute Gasteiger partial charge is 0.480 e. The number of aromatic nitrogens is 1. The second-order valence-electron chi connectivity index (χ2n) is 7.80. The number of hydrogen-bond donors (Lipinski definition) is 1. The zero-order valence-corrected chi connectivity index (χ0v) is 17.6. The van der Waals surface area contributed by atoms with Crippen LogP contribution in [-0.4, -0.2) is 59.0 Å². The van der Waals surface area contributed by atoms with Gasteiger partial charge in [-0.3, -0.25) is 9.59 Å². The summed E-state index contributed by atoms with van der Waals surface area (Å²) in [4.78, 5) is 39.1. The Morgan fingerprint density at radius 2 is 1.87 bits per heavy atom. The number of carbonyl (C=O) groups excluding carboxylic acids is 1. The van der Waals surface area contributed by atoms with Crippen LogP contribution in [0, 0.1) is 5.92 Å². The van der Waals surface area contributed by atoms with Crippen LogP contribution in [0.2, 0.25) is 0 Å². The third-order valence-corrected chi connectivity index (χ3v) is 6.55. The fourth-order valence-electron chi connectivity index (χ4n) is 4.46. The van der Waals surface area contributed by atoms with Gasteiger partial charge in [-0.25, -0.2) is 4.79 Å². The molecule has 1 saturated heterocycles. The molecule has 0 saturated carbocycles. The molecular weight excluding hydrogens is 404 g/mol. The Morgan fingerprint density at radius 1 is 1.10 bits per heavy atom. The van der Waals surface area contributed by atoms with Crippen LogP contribution >= 0.6 is 11.8 Å². The highest BCUT2D eigenvalue weighted by molar-refractivity contribution is 7.98. The summed E-state index contributed by atoms with van der Waals surface area (Å²) in [6.07, 6.45) is 2.97. The third kappa shape index (κ3) is 4.15. The third-order valence-electron chi connectivity index (χ3n) is 5.81. The summed E-state index contributed by atoms with van der Waals surface area (Å²) >= 11 is 1.67. The summed E-state index contributed by atoms with van der Waals surface area (Å²) < 4.78 is 6.83. The van der Waals surface area contributed by atoms with E-state index in [4.69, 9.17) is 9.84 Å². The molecule has 8 heteroatoms. The van der Waals surface area contributed by atoms with Gasteiger partial charge in [0.15, 0.2) is 0 Å². The van der Waals surface area contributed by atoms with Crippen LogP contribution in [0.25, 0.3) is 11.1 Å². The average molecular weight is 429 g/mol. The lowest BCUT2D eigenvalue weighted by Gasteiger charge is -2.42. The van der Waals surface area contributed by atoms with E-state index >= 15 is 0 Å². The summed E-state index contributed by atoms with van der Waals surface area (Å²) in [7, 11) is 0. The molecule has 2 unspecified atom stereocenters. The number of aliphatic carboxylic acids is 1. The minimum absolute atomic E-state index is 0.0173. The first-order valence-electron chi connectivity index (χ1n) is 9.91. The Hall–Kier alpha value is -2.58. The molecule has 158 valence electrons.